The second-order valence-corrected chi connectivity index (χ2v) is 7.29. The fourth-order valence-corrected chi connectivity index (χ4v) is 3.79. The van der Waals surface area contributed by atoms with E-state index in [2.05, 4.69) is 19.9 Å². The smallest absolute Gasteiger partial charge is 0.251 e. The van der Waals surface area contributed by atoms with Crippen LogP contribution in [0.1, 0.15) is 30.0 Å². The summed E-state index contributed by atoms with van der Waals surface area (Å²) in [5.74, 6) is 1.41. The van der Waals surface area contributed by atoms with Gasteiger partial charge in [-0.25, -0.2) is 4.98 Å². The summed E-state index contributed by atoms with van der Waals surface area (Å²) in [7, 11) is 1.54. The topological polar surface area (TPSA) is 91.3 Å². The van der Waals surface area contributed by atoms with Gasteiger partial charge in [0.15, 0.2) is 17.3 Å². The summed E-state index contributed by atoms with van der Waals surface area (Å²) < 4.78 is 5.10. The Kier molecular flexibility index (Phi) is 5.57. The zero-order valence-corrected chi connectivity index (χ0v) is 16.3. The number of aromatic hydroxyl groups is 1. The molecule has 0 atom stereocenters. The number of methoxy groups -OCH3 is 1. The molecule has 0 radical (unpaired) electrons. The predicted molar refractivity (Wildman–Crippen MR) is 110 cm³/mol. The van der Waals surface area contributed by atoms with E-state index in [4.69, 9.17) is 4.74 Å². The van der Waals surface area contributed by atoms with E-state index in [1.54, 1.807) is 31.5 Å². The molecule has 150 valence electrons. The first-order valence-corrected chi connectivity index (χ1v) is 9.73. The molecule has 2 N–H and O–H groups in total. The van der Waals surface area contributed by atoms with Crippen molar-refractivity contribution < 1.29 is 9.84 Å². The Bertz CT molecular complexity index is 1030. The van der Waals surface area contributed by atoms with Gasteiger partial charge in [0.2, 0.25) is 0 Å². The van der Waals surface area contributed by atoms with Gasteiger partial charge < -0.3 is 14.8 Å². The van der Waals surface area contributed by atoms with Crippen LogP contribution in [0.2, 0.25) is 0 Å². The SMILES string of the molecule is COc1ccc(CN2CCC(c3cc(=O)[nH]c(-c4ccccn4)n3)CC2)cc1O. The Labute approximate surface area is 169 Å². The zero-order valence-electron chi connectivity index (χ0n) is 16.3. The third-order valence-electron chi connectivity index (χ3n) is 5.32. The van der Waals surface area contributed by atoms with E-state index in [-0.39, 0.29) is 17.2 Å². The minimum Gasteiger partial charge on any atom is -0.504 e. The van der Waals surface area contributed by atoms with Crippen molar-refractivity contribution in [1.29, 1.82) is 0 Å². The van der Waals surface area contributed by atoms with Crippen LogP contribution in [0.4, 0.5) is 0 Å². The number of rotatable bonds is 5. The summed E-state index contributed by atoms with van der Waals surface area (Å²) >= 11 is 0. The molecule has 0 spiro atoms. The Balaban J connectivity index is 1.43. The van der Waals surface area contributed by atoms with Crippen LogP contribution in [-0.2, 0) is 6.54 Å². The number of aromatic amines is 1. The first kappa shape index (κ1) is 19.1. The molecule has 0 bridgehead atoms. The Morgan fingerprint density at radius 3 is 2.72 bits per heavy atom. The molecule has 2 aromatic heterocycles. The fraction of sp³-hybridized carbons (Fsp3) is 0.318. The molecule has 0 unspecified atom stereocenters. The summed E-state index contributed by atoms with van der Waals surface area (Å²) in [6.45, 7) is 2.59. The van der Waals surface area contributed by atoms with Gasteiger partial charge >= 0.3 is 0 Å². The maximum Gasteiger partial charge on any atom is 0.251 e. The molecular weight excluding hydrogens is 368 g/mol. The van der Waals surface area contributed by atoms with Crippen LogP contribution in [-0.4, -0.2) is 45.2 Å². The van der Waals surface area contributed by atoms with Crippen molar-refractivity contribution >= 4 is 0 Å². The number of hydrogen-bond donors (Lipinski definition) is 2. The van der Waals surface area contributed by atoms with Crippen LogP contribution in [0.5, 0.6) is 11.5 Å². The summed E-state index contributed by atoms with van der Waals surface area (Å²) in [5, 5.41) is 9.97. The van der Waals surface area contributed by atoms with Gasteiger partial charge in [0.25, 0.3) is 5.56 Å². The highest BCUT2D eigenvalue weighted by Crippen LogP contribution is 2.30. The molecule has 4 rings (SSSR count). The van der Waals surface area contributed by atoms with E-state index in [0.29, 0.717) is 17.3 Å². The molecule has 1 aliphatic heterocycles. The third kappa shape index (κ3) is 4.46. The number of nitrogens with zero attached hydrogens (tertiary/aromatic N) is 3. The third-order valence-corrected chi connectivity index (χ3v) is 5.32. The average molecular weight is 392 g/mol. The second kappa shape index (κ2) is 8.45. The minimum atomic E-state index is -0.146. The standard InChI is InChI=1S/C22H24N4O3/c1-29-20-6-5-15(12-19(20)27)14-26-10-7-16(8-11-26)18-13-21(28)25-22(24-18)17-4-2-3-9-23-17/h2-6,9,12-13,16,27H,7-8,10-11,14H2,1H3,(H,24,25,28). The van der Waals surface area contributed by atoms with Crippen molar-refractivity contribution in [3.05, 3.63) is 70.3 Å². The van der Waals surface area contributed by atoms with Crippen LogP contribution in [0.15, 0.2) is 53.5 Å². The number of nitrogens with one attached hydrogen (secondary N) is 1. The number of phenols is 1. The number of likely N-dealkylation sites (tertiary alicyclic amines) is 1. The summed E-state index contributed by atoms with van der Waals surface area (Å²) in [6, 6.07) is 12.7. The van der Waals surface area contributed by atoms with Gasteiger partial charge in [-0.3, -0.25) is 14.7 Å². The molecule has 0 amide bonds. The molecule has 0 saturated carbocycles. The lowest BCUT2D eigenvalue weighted by Crippen LogP contribution is -2.33. The van der Waals surface area contributed by atoms with Crippen LogP contribution < -0.4 is 10.3 Å². The summed E-state index contributed by atoms with van der Waals surface area (Å²) in [6.07, 6.45) is 3.55. The Morgan fingerprint density at radius 1 is 1.21 bits per heavy atom. The van der Waals surface area contributed by atoms with Gasteiger partial charge in [-0.05, 0) is 55.8 Å². The predicted octanol–water partition coefficient (Wildman–Crippen LogP) is 2.93. The lowest BCUT2D eigenvalue weighted by atomic mass is 9.93. The Hall–Kier alpha value is -3.19. The first-order valence-electron chi connectivity index (χ1n) is 9.73. The van der Waals surface area contributed by atoms with Crippen molar-refractivity contribution in [2.24, 2.45) is 0 Å². The molecule has 3 heterocycles. The van der Waals surface area contributed by atoms with E-state index in [1.165, 1.54) is 0 Å². The van der Waals surface area contributed by atoms with Crippen LogP contribution in [0.3, 0.4) is 0 Å². The minimum absolute atomic E-state index is 0.146. The van der Waals surface area contributed by atoms with Crippen LogP contribution >= 0.6 is 0 Å². The lowest BCUT2D eigenvalue weighted by Gasteiger charge is -2.31. The fourth-order valence-electron chi connectivity index (χ4n) is 3.79. The Morgan fingerprint density at radius 2 is 2.03 bits per heavy atom. The monoisotopic (exact) mass is 392 g/mol. The van der Waals surface area contributed by atoms with Gasteiger partial charge in [-0.1, -0.05) is 12.1 Å². The molecule has 7 nitrogen and oxygen atoms in total. The van der Waals surface area contributed by atoms with Gasteiger partial charge in [0.05, 0.1) is 12.8 Å². The van der Waals surface area contributed by atoms with Crippen molar-refractivity contribution in [3.63, 3.8) is 0 Å². The molecule has 1 saturated heterocycles. The second-order valence-electron chi connectivity index (χ2n) is 7.29. The van der Waals surface area contributed by atoms with E-state index in [9.17, 15) is 9.90 Å². The maximum atomic E-state index is 12.1. The number of H-pyrrole nitrogens is 1. The highest BCUT2D eigenvalue weighted by atomic mass is 16.5. The summed E-state index contributed by atoms with van der Waals surface area (Å²) in [4.78, 5) is 26.3. The van der Waals surface area contributed by atoms with Crippen molar-refractivity contribution in [2.45, 2.75) is 25.3 Å². The first-order chi connectivity index (χ1) is 14.1. The molecule has 1 aliphatic rings. The van der Waals surface area contributed by atoms with Crippen LogP contribution in [0.25, 0.3) is 11.5 Å². The van der Waals surface area contributed by atoms with E-state index >= 15 is 0 Å². The number of hydrogen-bond acceptors (Lipinski definition) is 6. The molecule has 3 aromatic rings. The van der Waals surface area contributed by atoms with E-state index < -0.39 is 0 Å². The van der Waals surface area contributed by atoms with Gasteiger partial charge in [0, 0.05) is 24.7 Å². The lowest BCUT2D eigenvalue weighted by molar-refractivity contribution is 0.203. The number of aromatic nitrogens is 3. The maximum absolute atomic E-state index is 12.1. The van der Waals surface area contributed by atoms with Gasteiger partial charge in [0.1, 0.15) is 5.69 Å². The quantitative estimate of drug-likeness (QED) is 0.694. The van der Waals surface area contributed by atoms with E-state index in [1.807, 2.05) is 24.3 Å². The number of phenolic OH excluding ortho intramolecular Hbond substituents is 1. The van der Waals surface area contributed by atoms with Crippen molar-refractivity contribution in [2.75, 3.05) is 20.2 Å². The summed E-state index contributed by atoms with van der Waals surface area (Å²) in [5.41, 5.74) is 2.40. The highest BCUT2D eigenvalue weighted by molar-refractivity contribution is 5.48. The number of pyridine rings is 1. The average Bonchev–Trinajstić information content (AvgIpc) is 2.75. The molecule has 0 aliphatic carbocycles. The molecule has 7 heteroatoms. The molecule has 1 aromatic carbocycles. The largest absolute Gasteiger partial charge is 0.504 e. The van der Waals surface area contributed by atoms with Gasteiger partial charge in [-0.2, -0.15) is 0 Å². The number of piperidine rings is 1. The number of benzene rings is 1. The van der Waals surface area contributed by atoms with E-state index in [0.717, 1.165) is 43.7 Å². The highest BCUT2D eigenvalue weighted by Gasteiger charge is 2.23. The molecule has 29 heavy (non-hydrogen) atoms. The molecular formula is C22H24N4O3. The zero-order chi connectivity index (χ0) is 20.2. The number of ether oxygens (including phenoxy) is 1. The molecule has 1 fully saturated rings. The van der Waals surface area contributed by atoms with Crippen LogP contribution in [0, 0.1) is 0 Å². The van der Waals surface area contributed by atoms with Crippen molar-refractivity contribution in [3.8, 4) is 23.0 Å². The van der Waals surface area contributed by atoms with Crippen molar-refractivity contribution in [1.82, 2.24) is 19.9 Å². The van der Waals surface area contributed by atoms with Gasteiger partial charge in [-0.15, -0.1) is 0 Å². The normalized spacial score (nSPS) is 15.3.